The van der Waals surface area contributed by atoms with Crippen molar-refractivity contribution in [2.24, 2.45) is 5.16 Å². The second kappa shape index (κ2) is 12.8. The molecule has 0 fully saturated rings. The number of oxime groups is 1. The van der Waals surface area contributed by atoms with Crippen LogP contribution in [-0.2, 0) is 15.0 Å². The van der Waals surface area contributed by atoms with Gasteiger partial charge in [0.15, 0.2) is 5.78 Å². The van der Waals surface area contributed by atoms with Crippen molar-refractivity contribution in [3.8, 4) is 11.1 Å². The molecular weight excluding hydrogens is 578 g/mol. The van der Waals surface area contributed by atoms with Crippen LogP contribution in [0.5, 0.6) is 0 Å². The molecule has 1 aliphatic rings. The lowest BCUT2D eigenvalue weighted by Gasteiger charge is -2.33. The average Bonchev–Trinajstić information content (AvgIpc) is 3.30. The molecule has 0 atom stereocenters. The molecule has 0 aromatic heterocycles. The van der Waals surface area contributed by atoms with Crippen molar-refractivity contribution in [3.05, 3.63) is 141 Å². The molecule has 0 bridgehead atoms. The topological polar surface area (TPSA) is 55.7 Å². The molecule has 1 aliphatic carbocycles. The van der Waals surface area contributed by atoms with Gasteiger partial charge in [-0.2, -0.15) is 0 Å². The van der Waals surface area contributed by atoms with Crippen LogP contribution in [0.1, 0.15) is 107 Å². The Kier molecular flexibility index (Phi) is 8.72. The smallest absolute Gasteiger partial charge is 0.318 e. The summed E-state index contributed by atoms with van der Waals surface area (Å²) in [4.78, 5) is 31.8. The molecule has 0 unspecified atom stereocenters. The average molecular weight is 622 g/mol. The first kappa shape index (κ1) is 32.1. The maximum absolute atomic E-state index is 14.6. The van der Waals surface area contributed by atoms with Crippen molar-refractivity contribution in [2.75, 3.05) is 0 Å². The van der Waals surface area contributed by atoms with Crippen LogP contribution in [0.2, 0.25) is 0 Å². The highest BCUT2D eigenvalue weighted by molar-refractivity contribution is 6.21. The molecule has 0 spiro atoms. The van der Waals surface area contributed by atoms with Crippen LogP contribution in [0.3, 0.4) is 0 Å². The first-order valence-electron chi connectivity index (χ1n) is 16.8. The molecule has 0 radical (unpaired) electrons. The number of fused-ring (bicyclic) bond motifs is 5. The van der Waals surface area contributed by atoms with Gasteiger partial charge in [-0.3, -0.25) is 4.79 Å². The first-order chi connectivity index (χ1) is 22.6. The quantitative estimate of drug-likeness (QED) is 0.0712. The monoisotopic (exact) mass is 621 g/mol. The number of carbonyl (C=O) groups excluding carboxylic acids is 2. The maximum atomic E-state index is 14.6. The fourth-order valence-corrected chi connectivity index (χ4v) is 8.08. The van der Waals surface area contributed by atoms with E-state index in [-0.39, 0.29) is 11.2 Å². The number of hydrogen-bond donors (Lipinski definition) is 0. The van der Waals surface area contributed by atoms with E-state index < -0.39 is 5.97 Å². The van der Waals surface area contributed by atoms with Gasteiger partial charge in [-0.05, 0) is 102 Å². The standard InChI is InChI=1S/C43H43NO3/c1-8-20-43(21-9-2)37-24-31(41(44-47-30(7)45)32-15-11-10-14-27(32)4)18-19-35(37)40-34-17-13-12-16-33(34)36(25-38(40)43)42(46)39-28(5)22-26(3)23-29(39)6/h10-19,22-25H,8-9,20-21H2,1-7H3/b44-41+. The van der Waals surface area contributed by atoms with Crippen LogP contribution < -0.4 is 0 Å². The molecule has 47 heavy (non-hydrogen) atoms. The van der Waals surface area contributed by atoms with E-state index in [1.54, 1.807) is 0 Å². The van der Waals surface area contributed by atoms with E-state index in [0.29, 0.717) is 5.71 Å². The molecule has 4 nitrogen and oxygen atoms in total. The number of aryl methyl sites for hydroxylation is 4. The van der Waals surface area contributed by atoms with Crippen molar-refractivity contribution >= 4 is 28.2 Å². The van der Waals surface area contributed by atoms with Crippen LogP contribution in [0.25, 0.3) is 21.9 Å². The van der Waals surface area contributed by atoms with Gasteiger partial charge in [-0.25, -0.2) is 4.79 Å². The minimum absolute atomic E-state index is 0.0768. The molecule has 0 amide bonds. The molecule has 4 heteroatoms. The molecule has 0 N–H and O–H groups in total. The largest absolute Gasteiger partial charge is 0.332 e. The van der Waals surface area contributed by atoms with Gasteiger partial charge in [0.1, 0.15) is 5.71 Å². The van der Waals surface area contributed by atoms with Gasteiger partial charge in [-0.15, -0.1) is 0 Å². The highest BCUT2D eigenvalue weighted by atomic mass is 16.7. The minimum Gasteiger partial charge on any atom is -0.318 e. The Bertz CT molecular complexity index is 2050. The third kappa shape index (κ3) is 5.50. The lowest BCUT2D eigenvalue weighted by Crippen LogP contribution is -2.26. The Morgan fingerprint density at radius 2 is 1.34 bits per heavy atom. The van der Waals surface area contributed by atoms with Gasteiger partial charge >= 0.3 is 5.97 Å². The van der Waals surface area contributed by atoms with Crippen LogP contribution in [-0.4, -0.2) is 17.5 Å². The minimum atomic E-state index is -0.460. The molecule has 5 aromatic rings. The summed E-state index contributed by atoms with van der Waals surface area (Å²) in [5.41, 5.74) is 12.8. The van der Waals surface area contributed by atoms with E-state index in [1.165, 1.54) is 29.2 Å². The number of rotatable bonds is 9. The zero-order valence-corrected chi connectivity index (χ0v) is 28.6. The summed E-state index contributed by atoms with van der Waals surface area (Å²) < 4.78 is 0. The van der Waals surface area contributed by atoms with Crippen LogP contribution in [0.15, 0.2) is 90.1 Å². The normalized spacial score (nSPS) is 13.4. The molecule has 0 aliphatic heterocycles. The van der Waals surface area contributed by atoms with E-state index in [4.69, 9.17) is 4.84 Å². The Morgan fingerprint density at radius 3 is 1.98 bits per heavy atom. The highest BCUT2D eigenvalue weighted by Gasteiger charge is 2.44. The van der Waals surface area contributed by atoms with Gasteiger partial charge in [0.2, 0.25) is 0 Å². The summed E-state index contributed by atoms with van der Waals surface area (Å²) in [6.45, 7) is 14.1. The molecule has 0 heterocycles. The lowest BCUT2D eigenvalue weighted by molar-refractivity contribution is -0.140. The van der Waals surface area contributed by atoms with Gasteiger partial charge in [0.25, 0.3) is 0 Å². The Labute approximate surface area is 278 Å². The zero-order valence-electron chi connectivity index (χ0n) is 28.6. The van der Waals surface area contributed by atoms with Crippen LogP contribution >= 0.6 is 0 Å². The van der Waals surface area contributed by atoms with E-state index in [0.717, 1.165) is 81.0 Å². The van der Waals surface area contributed by atoms with E-state index in [9.17, 15) is 9.59 Å². The van der Waals surface area contributed by atoms with Crippen LogP contribution in [0.4, 0.5) is 0 Å². The molecule has 238 valence electrons. The summed E-state index contributed by atoms with van der Waals surface area (Å²) in [5, 5.41) is 6.49. The van der Waals surface area contributed by atoms with Crippen molar-refractivity contribution in [1.82, 2.24) is 0 Å². The summed E-state index contributed by atoms with van der Waals surface area (Å²) >= 11 is 0. The van der Waals surface area contributed by atoms with E-state index in [1.807, 2.05) is 51.1 Å². The van der Waals surface area contributed by atoms with E-state index in [2.05, 4.69) is 80.5 Å². The third-order valence-electron chi connectivity index (χ3n) is 9.81. The molecule has 6 rings (SSSR count). The first-order valence-corrected chi connectivity index (χ1v) is 16.8. The maximum Gasteiger partial charge on any atom is 0.332 e. The SMILES string of the molecule is CCCC1(CCC)c2cc(/C(=N\OC(C)=O)c3ccccc3C)ccc2-c2c1cc(C(=O)c1c(C)cc(C)cc1C)c1ccccc21. The van der Waals surface area contributed by atoms with Crippen molar-refractivity contribution in [1.29, 1.82) is 0 Å². The molecule has 0 saturated carbocycles. The highest BCUT2D eigenvalue weighted by Crippen LogP contribution is 2.56. The third-order valence-corrected chi connectivity index (χ3v) is 9.81. The van der Waals surface area contributed by atoms with E-state index >= 15 is 0 Å². The summed E-state index contributed by atoms with van der Waals surface area (Å²) in [6.07, 6.45) is 3.86. The predicted octanol–water partition coefficient (Wildman–Crippen LogP) is 10.5. The number of carbonyl (C=O) groups is 2. The predicted molar refractivity (Wildman–Crippen MR) is 193 cm³/mol. The Balaban J connectivity index is 1.64. The van der Waals surface area contributed by atoms with Crippen molar-refractivity contribution in [3.63, 3.8) is 0 Å². The Hall–Kier alpha value is -4.83. The number of nitrogens with zero attached hydrogens (tertiary/aromatic N) is 1. The van der Waals surface area contributed by atoms with Gasteiger partial charge < -0.3 is 4.84 Å². The zero-order chi connectivity index (χ0) is 33.5. The van der Waals surface area contributed by atoms with Gasteiger partial charge in [-0.1, -0.05) is 110 Å². The number of benzene rings is 5. The second-order valence-corrected chi connectivity index (χ2v) is 13.2. The van der Waals surface area contributed by atoms with Crippen LogP contribution in [0, 0.1) is 27.7 Å². The molecule has 0 saturated heterocycles. The number of ketones is 1. The fraction of sp³-hybridized carbons (Fsp3) is 0.279. The summed E-state index contributed by atoms with van der Waals surface area (Å²) in [7, 11) is 0. The second-order valence-electron chi connectivity index (χ2n) is 13.2. The van der Waals surface area contributed by atoms with Crippen molar-refractivity contribution < 1.29 is 14.4 Å². The molecule has 5 aromatic carbocycles. The summed E-state index contributed by atoms with van der Waals surface area (Å²) in [5.74, 6) is -0.383. The Morgan fingerprint density at radius 1 is 0.702 bits per heavy atom. The summed E-state index contributed by atoms with van der Waals surface area (Å²) in [6, 6.07) is 29.4. The fourth-order valence-electron chi connectivity index (χ4n) is 8.08. The number of hydrogen-bond acceptors (Lipinski definition) is 4. The van der Waals surface area contributed by atoms with Crippen molar-refractivity contribution in [2.45, 2.75) is 79.6 Å². The van der Waals surface area contributed by atoms with Gasteiger partial charge in [0.05, 0.1) is 0 Å². The van der Waals surface area contributed by atoms with Gasteiger partial charge in [0, 0.05) is 34.6 Å². The molecular formula is C43H43NO3. The lowest BCUT2D eigenvalue weighted by atomic mass is 9.70.